The summed E-state index contributed by atoms with van der Waals surface area (Å²) in [6, 6.07) is 1.32. The van der Waals surface area contributed by atoms with Crippen LogP contribution in [-0.4, -0.2) is 64.2 Å². The van der Waals surface area contributed by atoms with Gasteiger partial charge in [0.25, 0.3) is 5.56 Å². The van der Waals surface area contributed by atoms with Crippen molar-refractivity contribution in [2.75, 3.05) is 6.61 Å². The van der Waals surface area contributed by atoms with Crippen LogP contribution in [0.15, 0.2) is 23.5 Å². The van der Waals surface area contributed by atoms with Gasteiger partial charge in [-0.05, 0) is 0 Å². The van der Waals surface area contributed by atoms with Crippen LogP contribution in [-0.2, 0) is 10.6 Å². The largest absolute Gasteiger partial charge is 0.394 e. The maximum absolute atomic E-state index is 11.8. The summed E-state index contributed by atoms with van der Waals surface area (Å²) in [5, 5.41) is 29.3. The lowest BCUT2D eigenvalue weighted by Gasteiger charge is -2.16. The van der Waals surface area contributed by atoms with Crippen LogP contribution in [0.1, 0.15) is 11.9 Å². The molecule has 1 fully saturated rings. The molecule has 4 rings (SSSR count). The Morgan fingerprint density at radius 3 is 2.68 bits per heavy atom. The summed E-state index contributed by atoms with van der Waals surface area (Å²) in [7, 11) is 0. The summed E-state index contributed by atoms with van der Waals surface area (Å²) >= 11 is 5.86. The zero-order valence-electron chi connectivity index (χ0n) is 12.7. The van der Waals surface area contributed by atoms with Gasteiger partial charge in [0, 0.05) is 11.8 Å². The number of imidazole rings is 1. The molecule has 0 amide bonds. The zero-order chi connectivity index (χ0) is 17.7. The molecule has 10 nitrogen and oxygen atoms in total. The van der Waals surface area contributed by atoms with Crippen molar-refractivity contribution < 1.29 is 20.1 Å². The maximum Gasteiger partial charge on any atom is 0.273 e. The fourth-order valence-corrected chi connectivity index (χ4v) is 3.19. The predicted octanol–water partition coefficient (Wildman–Crippen LogP) is -1.21. The first-order chi connectivity index (χ1) is 12.0. The molecule has 0 radical (unpaired) electrons. The number of aliphatic hydroxyl groups excluding tert-OH is 3. The normalized spacial score (nSPS) is 26.7. The summed E-state index contributed by atoms with van der Waals surface area (Å²) in [4.78, 5) is 24.2. The van der Waals surface area contributed by atoms with Gasteiger partial charge in [-0.2, -0.15) is 4.98 Å². The minimum absolute atomic E-state index is 0.0989. The first-order valence-electron chi connectivity index (χ1n) is 7.47. The third-order valence-corrected chi connectivity index (χ3v) is 4.52. The van der Waals surface area contributed by atoms with E-state index in [4.69, 9.17) is 16.3 Å². The molecule has 0 aromatic carbocycles. The van der Waals surface area contributed by atoms with Crippen molar-refractivity contribution in [1.29, 1.82) is 0 Å². The molecule has 1 aliphatic heterocycles. The summed E-state index contributed by atoms with van der Waals surface area (Å²) < 4.78 is 8.48. The Balaban J connectivity index is 1.90. The molecule has 4 heterocycles. The first-order valence-corrected chi connectivity index (χ1v) is 8.01. The molecule has 11 heteroatoms. The number of hydrogen-bond acceptors (Lipinski definition) is 8. The highest BCUT2D eigenvalue weighted by Crippen LogP contribution is 2.31. The molecule has 4 unspecified atom stereocenters. The van der Waals surface area contributed by atoms with Crippen molar-refractivity contribution in [1.82, 2.24) is 23.9 Å². The Kier molecular flexibility index (Phi) is 3.93. The van der Waals surface area contributed by atoms with Crippen molar-refractivity contribution in [2.24, 2.45) is 0 Å². The molecular weight excluding hydrogens is 354 g/mol. The average Bonchev–Trinajstić information content (AvgIpc) is 3.16. The van der Waals surface area contributed by atoms with E-state index in [9.17, 15) is 20.1 Å². The summed E-state index contributed by atoms with van der Waals surface area (Å²) in [5.74, 6) is 0.0989. The minimum atomic E-state index is -1.27. The second-order valence-corrected chi connectivity index (χ2v) is 5.98. The molecule has 25 heavy (non-hydrogen) atoms. The Bertz CT molecular complexity index is 1000. The Morgan fingerprint density at radius 1 is 1.20 bits per heavy atom. The molecule has 3 aromatic heterocycles. The molecule has 132 valence electrons. The van der Waals surface area contributed by atoms with Gasteiger partial charge < -0.3 is 20.1 Å². The summed E-state index contributed by atoms with van der Waals surface area (Å²) in [6.45, 7) is -0.437. The van der Waals surface area contributed by atoms with Gasteiger partial charge in [0.1, 0.15) is 24.6 Å². The average molecular weight is 368 g/mol. The van der Waals surface area contributed by atoms with E-state index in [0.717, 1.165) is 0 Å². The van der Waals surface area contributed by atoms with E-state index >= 15 is 0 Å². The second-order valence-electron chi connectivity index (χ2n) is 5.71. The molecule has 0 bridgehead atoms. The summed E-state index contributed by atoms with van der Waals surface area (Å²) in [5.41, 5.74) is 0.982. The van der Waals surface area contributed by atoms with Gasteiger partial charge in [0.2, 0.25) is 0 Å². The van der Waals surface area contributed by atoms with E-state index in [1.54, 1.807) is 4.40 Å². The Labute approximate surface area is 144 Å². The number of ether oxygens (including phenoxy) is 1. The number of fused-ring (bicyclic) bond motifs is 3. The molecule has 0 spiro atoms. The molecule has 0 aliphatic carbocycles. The molecule has 4 atom stereocenters. The van der Waals surface area contributed by atoms with Crippen LogP contribution in [0, 0.1) is 0 Å². The topological polar surface area (TPSA) is 135 Å². The zero-order valence-corrected chi connectivity index (χ0v) is 13.5. The number of halogens is 1. The van der Waals surface area contributed by atoms with Crippen molar-refractivity contribution in [3.05, 3.63) is 34.8 Å². The molecule has 1 aliphatic rings. The van der Waals surface area contributed by atoms with Crippen LogP contribution >= 0.6 is 11.6 Å². The van der Waals surface area contributed by atoms with Crippen molar-refractivity contribution in [3.8, 4) is 0 Å². The first kappa shape index (κ1) is 16.4. The van der Waals surface area contributed by atoms with Crippen LogP contribution in [0.2, 0.25) is 0 Å². The highest BCUT2D eigenvalue weighted by Gasteiger charge is 2.44. The van der Waals surface area contributed by atoms with E-state index in [1.165, 1.54) is 23.3 Å². The van der Waals surface area contributed by atoms with Crippen LogP contribution in [0.25, 0.3) is 16.8 Å². The Hall–Kier alpha value is -2.11. The molecule has 3 N–H and O–H groups in total. The van der Waals surface area contributed by atoms with Gasteiger partial charge in [-0.1, -0.05) is 0 Å². The fraction of sp³-hybridized carbons (Fsp3) is 0.429. The molecule has 0 saturated carbocycles. The second kappa shape index (κ2) is 6.00. The maximum atomic E-state index is 11.8. The predicted molar refractivity (Wildman–Crippen MR) is 85.1 cm³/mol. The van der Waals surface area contributed by atoms with Gasteiger partial charge in [-0.25, -0.2) is 9.97 Å². The molecule has 3 aromatic rings. The molecular formula is C14H14ClN5O5. The van der Waals surface area contributed by atoms with Gasteiger partial charge in [-0.3, -0.25) is 13.8 Å². The van der Waals surface area contributed by atoms with E-state index in [-0.39, 0.29) is 11.5 Å². The smallest absolute Gasteiger partial charge is 0.273 e. The number of aromatic nitrogens is 5. The lowest BCUT2D eigenvalue weighted by Crippen LogP contribution is -2.33. The monoisotopic (exact) mass is 367 g/mol. The van der Waals surface area contributed by atoms with Gasteiger partial charge in [0.15, 0.2) is 23.0 Å². The van der Waals surface area contributed by atoms with Crippen molar-refractivity contribution in [3.63, 3.8) is 0 Å². The third-order valence-electron chi connectivity index (χ3n) is 4.25. The highest BCUT2D eigenvalue weighted by atomic mass is 35.5. The van der Waals surface area contributed by atoms with Gasteiger partial charge in [0.05, 0.1) is 18.8 Å². The highest BCUT2D eigenvalue weighted by molar-refractivity contribution is 6.16. The van der Waals surface area contributed by atoms with Crippen molar-refractivity contribution >= 4 is 28.4 Å². The number of hydrogen-bond donors (Lipinski definition) is 3. The molecule has 1 saturated heterocycles. The van der Waals surface area contributed by atoms with Crippen LogP contribution in [0.4, 0.5) is 0 Å². The van der Waals surface area contributed by atoms with E-state index in [0.29, 0.717) is 16.9 Å². The van der Waals surface area contributed by atoms with Crippen LogP contribution < -0.4 is 5.56 Å². The van der Waals surface area contributed by atoms with Gasteiger partial charge >= 0.3 is 0 Å². The standard InChI is InChI=1S/C14H14ClN5O5/c15-2-6-1-8(22)18-13-9-12(17-5-19(6)13)20(4-16-9)14-11(24)10(23)7(3-21)25-14/h1,4-5,7,10-11,14,21,23-24H,2-3H2. The van der Waals surface area contributed by atoms with E-state index in [1.807, 2.05) is 0 Å². The van der Waals surface area contributed by atoms with E-state index in [2.05, 4.69) is 15.0 Å². The quantitative estimate of drug-likeness (QED) is 0.491. The van der Waals surface area contributed by atoms with Gasteiger partial charge in [-0.15, -0.1) is 11.6 Å². The van der Waals surface area contributed by atoms with Crippen LogP contribution in [0.3, 0.4) is 0 Å². The van der Waals surface area contributed by atoms with Crippen molar-refractivity contribution in [2.45, 2.75) is 30.4 Å². The third kappa shape index (κ3) is 2.41. The fourth-order valence-electron chi connectivity index (χ4n) is 2.99. The SMILES string of the molecule is O=c1cc(CCl)n2cnc3c(ncn3C3OC(CO)C(O)C3O)c2n1. The Morgan fingerprint density at radius 2 is 2.00 bits per heavy atom. The lowest BCUT2D eigenvalue weighted by atomic mass is 10.1. The minimum Gasteiger partial charge on any atom is -0.394 e. The summed E-state index contributed by atoms with van der Waals surface area (Å²) in [6.07, 6.45) is -1.58. The number of nitrogens with zero attached hydrogens (tertiary/aromatic N) is 5. The lowest BCUT2D eigenvalue weighted by molar-refractivity contribution is -0.0511. The number of alkyl halides is 1. The van der Waals surface area contributed by atoms with E-state index < -0.39 is 36.7 Å². The number of aliphatic hydroxyl groups is 3. The van der Waals surface area contributed by atoms with Crippen LogP contribution in [0.5, 0.6) is 0 Å². The number of rotatable bonds is 3.